The molecule has 0 radical (unpaired) electrons. The van der Waals surface area contributed by atoms with Gasteiger partial charge in [0.25, 0.3) is 0 Å². The number of nitrogen functional groups attached to an aromatic ring is 1. The summed E-state index contributed by atoms with van der Waals surface area (Å²) in [5.41, 5.74) is 9.05. The highest BCUT2D eigenvalue weighted by atomic mass is 16.1. The molecule has 19 heavy (non-hydrogen) atoms. The first-order chi connectivity index (χ1) is 8.88. The van der Waals surface area contributed by atoms with E-state index in [1.54, 1.807) is 0 Å². The fraction of sp³-hybridized carbons (Fsp3) is 0.235. The van der Waals surface area contributed by atoms with E-state index >= 15 is 0 Å². The van der Waals surface area contributed by atoms with E-state index < -0.39 is 0 Å². The van der Waals surface area contributed by atoms with Crippen molar-refractivity contribution in [1.82, 2.24) is 0 Å². The standard InChI is InChI=1S/C17H19NO/c1-17(2,3)16(19)13-9-7-12(8-10-13)14-5-4-6-15(18)11-14/h4-11H,18H2,1-3H3. The molecule has 0 fully saturated rings. The lowest BCUT2D eigenvalue weighted by Gasteiger charge is -2.16. The number of nitrogens with two attached hydrogens (primary N) is 1. The Bertz CT molecular complexity index is 591. The van der Waals surface area contributed by atoms with Crippen molar-refractivity contribution in [2.24, 2.45) is 5.41 Å². The van der Waals surface area contributed by atoms with E-state index in [1.165, 1.54) is 0 Å². The molecule has 2 rings (SSSR count). The third kappa shape index (κ3) is 3.02. The van der Waals surface area contributed by atoms with E-state index in [9.17, 15) is 4.79 Å². The molecule has 2 N–H and O–H groups in total. The predicted molar refractivity (Wildman–Crippen MR) is 80.1 cm³/mol. The normalized spacial score (nSPS) is 11.3. The van der Waals surface area contributed by atoms with Crippen molar-refractivity contribution in [3.05, 3.63) is 54.1 Å². The number of hydrogen-bond acceptors (Lipinski definition) is 2. The van der Waals surface area contributed by atoms with Crippen molar-refractivity contribution < 1.29 is 4.79 Å². The summed E-state index contributed by atoms with van der Waals surface area (Å²) < 4.78 is 0. The maximum atomic E-state index is 12.1. The first-order valence-electron chi connectivity index (χ1n) is 6.39. The number of hydrogen-bond donors (Lipinski definition) is 1. The summed E-state index contributed by atoms with van der Waals surface area (Å²) >= 11 is 0. The summed E-state index contributed by atoms with van der Waals surface area (Å²) in [7, 11) is 0. The topological polar surface area (TPSA) is 43.1 Å². The van der Waals surface area contributed by atoms with Crippen molar-refractivity contribution in [2.75, 3.05) is 5.73 Å². The number of carbonyl (C=O) groups excluding carboxylic acids is 1. The lowest BCUT2D eigenvalue weighted by molar-refractivity contribution is 0.0858. The van der Waals surface area contributed by atoms with Gasteiger partial charge >= 0.3 is 0 Å². The van der Waals surface area contributed by atoms with Gasteiger partial charge in [0.1, 0.15) is 0 Å². The molecule has 0 saturated carbocycles. The van der Waals surface area contributed by atoms with E-state index in [0.29, 0.717) is 0 Å². The average Bonchev–Trinajstić information content (AvgIpc) is 2.37. The minimum absolute atomic E-state index is 0.159. The monoisotopic (exact) mass is 253 g/mol. The van der Waals surface area contributed by atoms with E-state index in [-0.39, 0.29) is 11.2 Å². The largest absolute Gasteiger partial charge is 0.399 e. The first kappa shape index (κ1) is 13.3. The smallest absolute Gasteiger partial charge is 0.168 e. The molecule has 0 spiro atoms. The number of rotatable bonds is 2. The van der Waals surface area contributed by atoms with Crippen molar-refractivity contribution in [1.29, 1.82) is 0 Å². The molecule has 2 heteroatoms. The molecule has 0 aliphatic rings. The lowest BCUT2D eigenvalue weighted by atomic mass is 9.86. The molecule has 2 nitrogen and oxygen atoms in total. The SMILES string of the molecule is CC(C)(C)C(=O)c1ccc(-c2cccc(N)c2)cc1. The molecular formula is C17H19NO. The van der Waals surface area contributed by atoms with Crippen LogP contribution in [0, 0.1) is 5.41 Å². The highest BCUT2D eigenvalue weighted by molar-refractivity contribution is 6.00. The van der Waals surface area contributed by atoms with Gasteiger partial charge in [-0.05, 0) is 23.3 Å². The van der Waals surface area contributed by atoms with Crippen LogP contribution in [-0.2, 0) is 0 Å². The van der Waals surface area contributed by atoms with Gasteiger partial charge in [0.15, 0.2) is 5.78 Å². The zero-order valence-electron chi connectivity index (χ0n) is 11.6. The van der Waals surface area contributed by atoms with E-state index in [2.05, 4.69) is 0 Å². The molecular weight excluding hydrogens is 234 g/mol. The van der Waals surface area contributed by atoms with Gasteiger partial charge in [0.2, 0.25) is 0 Å². The number of ketones is 1. The molecule has 0 unspecified atom stereocenters. The van der Waals surface area contributed by atoms with Gasteiger partial charge in [-0.25, -0.2) is 0 Å². The summed E-state index contributed by atoms with van der Waals surface area (Å²) in [5, 5.41) is 0. The van der Waals surface area contributed by atoms with Crippen LogP contribution in [0.2, 0.25) is 0 Å². The van der Waals surface area contributed by atoms with Crippen LogP contribution in [0.3, 0.4) is 0 Å². The van der Waals surface area contributed by atoms with Crippen LogP contribution >= 0.6 is 0 Å². The Morgan fingerprint density at radius 1 is 0.947 bits per heavy atom. The fourth-order valence-electron chi connectivity index (χ4n) is 1.97. The summed E-state index contributed by atoms with van der Waals surface area (Å²) in [5.74, 6) is 0.159. The van der Waals surface area contributed by atoms with Gasteiger partial charge in [-0.1, -0.05) is 57.2 Å². The number of carbonyl (C=O) groups is 1. The van der Waals surface area contributed by atoms with Crippen LogP contribution in [0.4, 0.5) is 5.69 Å². The molecule has 2 aromatic carbocycles. The Morgan fingerprint density at radius 2 is 1.58 bits per heavy atom. The lowest BCUT2D eigenvalue weighted by Crippen LogP contribution is -2.19. The molecule has 0 aromatic heterocycles. The molecule has 98 valence electrons. The highest BCUT2D eigenvalue weighted by Gasteiger charge is 2.22. The van der Waals surface area contributed by atoms with E-state index in [4.69, 9.17) is 5.73 Å². The molecule has 0 aliphatic heterocycles. The molecule has 0 amide bonds. The van der Waals surface area contributed by atoms with Crippen LogP contribution in [0.5, 0.6) is 0 Å². The quantitative estimate of drug-likeness (QED) is 0.645. The van der Waals surface area contributed by atoms with Gasteiger partial charge < -0.3 is 5.73 Å². The van der Waals surface area contributed by atoms with Crippen LogP contribution in [0.1, 0.15) is 31.1 Å². The third-order valence-electron chi connectivity index (χ3n) is 3.05. The fourth-order valence-corrected chi connectivity index (χ4v) is 1.97. The van der Waals surface area contributed by atoms with Crippen LogP contribution < -0.4 is 5.73 Å². The predicted octanol–water partition coefficient (Wildman–Crippen LogP) is 4.16. The molecule has 0 atom stereocenters. The summed E-state index contributed by atoms with van der Waals surface area (Å²) in [6.45, 7) is 5.80. The Hall–Kier alpha value is -2.09. The second kappa shape index (κ2) is 4.88. The number of anilines is 1. The average molecular weight is 253 g/mol. The van der Waals surface area contributed by atoms with Gasteiger partial charge in [-0.2, -0.15) is 0 Å². The van der Waals surface area contributed by atoms with Crippen LogP contribution in [0.15, 0.2) is 48.5 Å². The second-order valence-electron chi connectivity index (χ2n) is 5.78. The Balaban J connectivity index is 2.31. The van der Waals surface area contributed by atoms with E-state index in [1.807, 2.05) is 69.3 Å². The molecule has 0 aliphatic carbocycles. The van der Waals surface area contributed by atoms with Gasteiger partial charge in [0.05, 0.1) is 0 Å². The molecule has 0 bridgehead atoms. The first-order valence-corrected chi connectivity index (χ1v) is 6.39. The Labute approximate surface area is 114 Å². The highest BCUT2D eigenvalue weighted by Crippen LogP contribution is 2.25. The Kier molecular flexibility index (Phi) is 3.43. The van der Waals surface area contributed by atoms with Crippen molar-refractivity contribution in [2.45, 2.75) is 20.8 Å². The zero-order valence-corrected chi connectivity index (χ0v) is 11.6. The summed E-state index contributed by atoms with van der Waals surface area (Å²) in [6, 6.07) is 15.4. The van der Waals surface area contributed by atoms with E-state index in [0.717, 1.165) is 22.4 Å². The van der Waals surface area contributed by atoms with Gasteiger partial charge in [-0.3, -0.25) is 4.79 Å². The van der Waals surface area contributed by atoms with Crippen molar-refractivity contribution in [3.63, 3.8) is 0 Å². The second-order valence-corrected chi connectivity index (χ2v) is 5.78. The van der Waals surface area contributed by atoms with Crippen LogP contribution in [-0.4, -0.2) is 5.78 Å². The maximum absolute atomic E-state index is 12.1. The summed E-state index contributed by atoms with van der Waals surface area (Å²) in [6.07, 6.45) is 0. The molecule has 0 heterocycles. The van der Waals surface area contributed by atoms with Crippen molar-refractivity contribution >= 4 is 11.5 Å². The number of Topliss-reactive ketones (excluding diaryl/α,β-unsaturated/α-hetero) is 1. The zero-order chi connectivity index (χ0) is 14.0. The summed E-state index contributed by atoms with van der Waals surface area (Å²) in [4.78, 5) is 12.1. The molecule has 0 saturated heterocycles. The number of benzene rings is 2. The van der Waals surface area contributed by atoms with Gasteiger partial charge in [-0.15, -0.1) is 0 Å². The van der Waals surface area contributed by atoms with Gasteiger partial charge in [0, 0.05) is 16.7 Å². The third-order valence-corrected chi connectivity index (χ3v) is 3.05. The maximum Gasteiger partial charge on any atom is 0.168 e. The minimum atomic E-state index is -0.349. The minimum Gasteiger partial charge on any atom is -0.399 e. The molecule has 2 aromatic rings. The van der Waals surface area contributed by atoms with Crippen LogP contribution in [0.25, 0.3) is 11.1 Å². The Morgan fingerprint density at radius 3 is 2.11 bits per heavy atom. The van der Waals surface area contributed by atoms with Crippen molar-refractivity contribution in [3.8, 4) is 11.1 Å².